The van der Waals surface area contributed by atoms with Crippen LogP contribution >= 0.6 is 11.6 Å². The van der Waals surface area contributed by atoms with Crippen LogP contribution in [0.4, 0.5) is 11.4 Å². The van der Waals surface area contributed by atoms with E-state index in [4.69, 9.17) is 28.1 Å². The number of piperazine rings is 1. The van der Waals surface area contributed by atoms with Crippen LogP contribution in [0, 0.1) is 6.92 Å². The third kappa shape index (κ3) is 4.43. The van der Waals surface area contributed by atoms with Crippen LogP contribution in [-0.2, 0) is 0 Å². The molecule has 8 nitrogen and oxygen atoms in total. The predicted octanol–water partition coefficient (Wildman–Crippen LogP) is 3.72. The molecule has 3 aliphatic rings. The molecule has 2 aromatic carbocycles. The van der Waals surface area contributed by atoms with E-state index < -0.39 is 5.66 Å². The lowest BCUT2D eigenvalue weighted by molar-refractivity contribution is 0.0747. The Morgan fingerprint density at radius 3 is 2.34 bits per heavy atom. The van der Waals surface area contributed by atoms with Crippen molar-refractivity contribution in [2.45, 2.75) is 44.7 Å². The van der Waals surface area contributed by atoms with Gasteiger partial charge in [0.1, 0.15) is 5.66 Å². The molecule has 2 fully saturated rings. The van der Waals surface area contributed by atoms with Crippen LogP contribution in [0.3, 0.4) is 0 Å². The minimum absolute atomic E-state index is 0.0578. The second-order valence-electron chi connectivity index (χ2n) is 9.57. The number of aliphatic imine (C=N–C) groups is 2. The summed E-state index contributed by atoms with van der Waals surface area (Å²) in [5, 5.41) is 0.641. The Balaban J connectivity index is 1.42. The summed E-state index contributed by atoms with van der Waals surface area (Å²) in [6.45, 7) is 4.56. The Morgan fingerprint density at radius 1 is 0.971 bits per heavy atom. The van der Waals surface area contributed by atoms with Crippen molar-refractivity contribution in [3.8, 4) is 0 Å². The number of carbonyl (C=O) groups is 1. The molecule has 4 N–H and O–H groups in total. The number of halogens is 1. The van der Waals surface area contributed by atoms with E-state index in [0.29, 0.717) is 37.2 Å². The van der Waals surface area contributed by atoms with Crippen LogP contribution in [0.25, 0.3) is 0 Å². The lowest BCUT2D eigenvalue weighted by atomic mass is 9.87. The summed E-state index contributed by atoms with van der Waals surface area (Å²) >= 11 is 6.81. The predicted molar refractivity (Wildman–Crippen MR) is 142 cm³/mol. The average Bonchev–Trinajstić information content (AvgIpc) is 2.84. The van der Waals surface area contributed by atoms with E-state index in [1.165, 1.54) is 6.42 Å². The normalized spacial score (nSPS) is 20.0. The van der Waals surface area contributed by atoms with Gasteiger partial charge in [-0.1, -0.05) is 41.8 Å². The smallest absolute Gasteiger partial charge is 0.253 e. The third-order valence-electron chi connectivity index (χ3n) is 7.24. The van der Waals surface area contributed by atoms with Crippen LogP contribution in [0.15, 0.2) is 52.4 Å². The van der Waals surface area contributed by atoms with Crippen LogP contribution in [-0.4, -0.2) is 54.6 Å². The summed E-state index contributed by atoms with van der Waals surface area (Å²) in [6.07, 6.45) is 4.98. The lowest BCUT2D eigenvalue weighted by Gasteiger charge is -2.47. The number of para-hydroxylation sites is 1. The summed E-state index contributed by atoms with van der Waals surface area (Å²) in [7, 11) is 0. The van der Waals surface area contributed by atoms with E-state index >= 15 is 0 Å². The van der Waals surface area contributed by atoms with Gasteiger partial charge in [-0.3, -0.25) is 9.69 Å². The molecule has 0 radical (unpaired) electrons. The maximum Gasteiger partial charge on any atom is 0.253 e. The number of guanidine groups is 2. The Kier molecular flexibility index (Phi) is 6.32. The zero-order valence-corrected chi connectivity index (χ0v) is 20.8. The average molecular weight is 494 g/mol. The molecule has 0 bridgehead atoms. The van der Waals surface area contributed by atoms with Gasteiger partial charge in [0, 0.05) is 31.7 Å². The topological polar surface area (TPSA) is 104 Å². The second kappa shape index (κ2) is 9.41. The first-order valence-corrected chi connectivity index (χ1v) is 12.6. The van der Waals surface area contributed by atoms with E-state index in [2.05, 4.69) is 9.89 Å². The fourth-order valence-corrected chi connectivity index (χ4v) is 5.77. The monoisotopic (exact) mass is 493 g/mol. The Hall–Kier alpha value is -3.26. The van der Waals surface area contributed by atoms with Crippen LogP contribution in [0.5, 0.6) is 0 Å². The van der Waals surface area contributed by atoms with Gasteiger partial charge in [-0.05, 0) is 56.9 Å². The molecule has 9 heteroatoms. The van der Waals surface area contributed by atoms with Crippen molar-refractivity contribution >= 4 is 40.8 Å². The molecule has 1 spiro atoms. The molecule has 0 unspecified atom stereocenters. The first kappa shape index (κ1) is 23.5. The largest absolute Gasteiger partial charge is 0.369 e. The molecule has 1 saturated carbocycles. The summed E-state index contributed by atoms with van der Waals surface area (Å²) in [6, 6.07) is 13.6. The molecule has 0 aromatic heterocycles. The zero-order chi connectivity index (χ0) is 24.6. The Bertz CT molecular complexity index is 1160. The van der Waals surface area contributed by atoms with Crippen LogP contribution < -0.4 is 21.3 Å². The van der Waals surface area contributed by atoms with E-state index in [1.807, 2.05) is 59.2 Å². The van der Waals surface area contributed by atoms with Crippen molar-refractivity contribution in [3.05, 3.63) is 58.6 Å². The highest BCUT2D eigenvalue weighted by atomic mass is 35.5. The highest BCUT2D eigenvalue weighted by molar-refractivity contribution is 6.34. The van der Waals surface area contributed by atoms with Gasteiger partial charge in [-0.2, -0.15) is 4.99 Å². The van der Waals surface area contributed by atoms with E-state index in [9.17, 15) is 4.79 Å². The molecule has 1 aliphatic carbocycles. The summed E-state index contributed by atoms with van der Waals surface area (Å²) in [5.41, 5.74) is 15.7. The lowest BCUT2D eigenvalue weighted by Crippen LogP contribution is -2.59. The molecule has 2 aliphatic heterocycles. The molecule has 5 rings (SSSR count). The number of hydrogen-bond acceptors (Lipinski definition) is 7. The van der Waals surface area contributed by atoms with Gasteiger partial charge in [0.05, 0.1) is 16.4 Å². The molecule has 0 atom stereocenters. The van der Waals surface area contributed by atoms with Gasteiger partial charge in [-0.15, -0.1) is 0 Å². The van der Waals surface area contributed by atoms with Crippen molar-refractivity contribution in [3.63, 3.8) is 0 Å². The van der Waals surface area contributed by atoms with Crippen molar-refractivity contribution in [2.75, 3.05) is 36.0 Å². The SMILES string of the molecule is Cc1ccc(C(=O)N2CCN(c3c(Cl)cccc3N3C(N)=NC(N)=NC34CCCCC4)CC2)cc1. The Morgan fingerprint density at radius 2 is 1.66 bits per heavy atom. The second-order valence-corrected chi connectivity index (χ2v) is 9.98. The molecule has 2 aromatic rings. The van der Waals surface area contributed by atoms with Crippen molar-refractivity contribution in [2.24, 2.45) is 21.5 Å². The minimum atomic E-state index is -0.545. The maximum absolute atomic E-state index is 13.0. The highest BCUT2D eigenvalue weighted by Gasteiger charge is 2.44. The number of hydrogen-bond donors (Lipinski definition) is 2. The number of aryl methyl sites for hydroxylation is 1. The Labute approximate surface area is 211 Å². The number of anilines is 2. The van der Waals surface area contributed by atoms with E-state index in [1.54, 1.807) is 0 Å². The van der Waals surface area contributed by atoms with Gasteiger partial charge >= 0.3 is 0 Å². The van der Waals surface area contributed by atoms with Crippen LogP contribution in [0.2, 0.25) is 5.02 Å². The number of carbonyl (C=O) groups excluding carboxylic acids is 1. The van der Waals surface area contributed by atoms with Gasteiger partial charge in [0.25, 0.3) is 5.91 Å². The first-order chi connectivity index (χ1) is 16.9. The highest BCUT2D eigenvalue weighted by Crippen LogP contribution is 2.45. The molecule has 35 heavy (non-hydrogen) atoms. The number of nitrogens with two attached hydrogens (primary N) is 2. The molecule has 184 valence electrons. The molecular formula is C26H32ClN7O. The van der Waals surface area contributed by atoms with Gasteiger partial charge in [0.2, 0.25) is 11.9 Å². The fraction of sp³-hybridized carbons (Fsp3) is 0.423. The number of rotatable bonds is 3. The van der Waals surface area contributed by atoms with Gasteiger partial charge < -0.3 is 21.3 Å². The first-order valence-electron chi connectivity index (χ1n) is 12.3. The quantitative estimate of drug-likeness (QED) is 0.678. The van der Waals surface area contributed by atoms with Crippen molar-refractivity contribution < 1.29 is 4.79 Å². The zero-order valence-electron chi connectivity index (χ0n) is 20.1. The standard InChI is InChI=1S/C26H32ClN7O/c1-18-8-10-19(11-9-18)23(35)33-16-14-32(15-17-33)22-20(27)6-5-7-21(22)34-25(29)30-24(28)31-26(34)12-3-2-4-13-26/h5-11H,2-4,12-17H2,1H3,(H4,28,29,30,31). The summed E-state index contributed by atoms with van der Waals surface area (Å²) in [4.78, 5) is 28.3. The number of amides is 1. The number of benzene rings is 2. The number of nitrogens with zero attached hydrogens (tertiary/aromatic N) is 5. The maximum atomic E-state index is 13.0. The summed E-state index contributed by atoms with van der Waals surface area (Å²) < 4.78 is 0. The summed E-state index contributed by atoms with van der Waals surface area (Å²) in [5.74, 6) is 0.631. The van der Waals surface area contributed by atoms with E-state index in [-0.39, 0.29) is 11.9 Å². The van der Waals surface area contributed by atoms with Gasteiger partial charge in [-0.25, -0.2) is 4.99 Å². The van der Waals surface area contributed by atoms with Gasteiger partial charge in [0.15, 0.2) is 0 Å². The molecule has 2 heterocycles. The third-order valence-corrected chi connectivity index (χ3v) is 7.54. The molecule has 1 amide bonds. The molecular weight excluding hydrogens is 462 g/mol. The van der Waals surface area contributed by atoms with Crippen LogP contribution in [0.1, 0.15) is 48.0 Å². The van der Waals surface area contributed by atoms with E-state index in [0.717, 1.165) is 48.2 Å². The van der Waals surface area contributed by atoms with Crippen molar-refractivity contribution in [1.82, 2.24) is 4.90 Å². The van der Waals surface area contributed by atoms with Crippen molar-refractivity contribution in [1.29, 1.82) is 0 Å². The minimum Gasteiger partial charge on any atom is -0.369 e. The fourth-order valence-electron chi connectivity index (χ4n) is 5.48. The molecule has 1 saturated heterocycles.